The van der Waals surface area contributed by atoms with Crippen molar-refractivity contribution in [2.75, 3.05) is 18.4 Å². The van der Waals surface area contributed by atoms with Crippen LogP contribution in [0.4, 0.5) is 11.5 Å². The van der Waals surface area contributed by atoms with Gasteiger partial charge >= 0.3 is 0 Å². The van der Waals surface area contributed by atoms with Gasteiger partial charge in [-0.1, -0.05) is 13.8 Å². The minimum Gasteiger partial charge on any atom is -0.490 e. The lowest BCUT2D eigenvalue weighted by Crippen LogP contribution is -2.34. The number of hydrogen-bond donors (Lipinski definition) is 2. The van der Waals surface area contributed by atoms with E-state index >= 15 is 0 Å². The molecule has 8 heteroatoms. The van der Waals surface area contributed by atoms with E-state index in [1.807, 2.05) is 86.1 Å². The topological polar surface area (TPSA) is 85.6 Å². The van der Waals surface area contributed by atoms with E-state index in [9.17, 15) is 0 Å². The first kappa shape index (κ1) is 24.5. The molecule has 1 aliphatic rings. The van der Waals surface area contributed by atoms with E-state index in [0.717, 1.165) is 76.8 Å². The van der Waals surface area contributed by atoms with Crippen molar-refractivity contribution in [3.05, 3.63) is 79.0 Å². The highest BCUT2D eigenvalue weighted by Gasteiger charge is 2.15. The second-order valence-electron chi connectivity index (χ2n) is 8.73. The molecule has 2 N–H and O–H groups in total. The second kappa shape index (κ2) is 11.3. The van der Waals surface area contributed by atoms with Gasteiger partial charge in [0.25, 0.3) is 0 Å². The maximum absolute atomic E-state index is 6.24. The van der Waals surface area contributed by atoms with E-state index in [-0.39, 0.29) is 6.10 Å². The van der Waals surface area contributed by atoms with Crippen molar-refractivity contribution >= 4 is 28.1 Å². The molecule has 8 nitrogen and oxygen atoms in total. The van der Waals surface area contributed by atoms with Gasteiger partial charge in [-0.05, 0) is 80.9 Å². The third kappa shape index (κ3) is 5.65. The van der Waals surface area contributed by atoms with Gasteiger partial charge in [0, 0.05) is 35.7 Å². The predicted octanol–water partition coefficient (Wildman–Crippen LogP) is 6.28. The van der Waals surface area contributed by atoms with Crippen LogP contribution in [0.3, 0.4) is 0 Å². The molecule has 1 saturated heterocycles. The van der Waals surface area contributed by atoms with Crippen molar-refractivity contribution in [3.8, 4) is 17.2 Å². The highest BCUT2D eigenvalue weighted by molar-refractivity contribution is 5.91. The number of nitrogens with one attached hydrogen (secondary N) is 2. The minimum atomic E-state index is 0.235. The number of rotatable bonds is 6. The van der Waals surface area contributed by atoms with Crippen LogP contribution in [-0.4, -0.2) is 38.5 Å². The molecule has 0 saturated carbocycles. The summed E-state index contributed by atoms with van der Waals surface area (Å²) in [5.41, 5.74) is 3.64. The number of aromatic nitrogens is 4. The Hall–Kier alpha value is -4.17. The smallest absolute Gasteiger partial charge is 0.141 e. The van der Waals surface area contributed by atoms with Crippen molar-refractivity contribution in [2.45, 2.75) is 39.7 Å². The molecule has 0 atom stereocenters. The number of imidazole rings is 1. The predicted molar refractivity (Wildman–Crippen MR) is 147 cm³/mol. The van der Waals surface area contributed by atoms with Crippen LogP contribution in [0.25, 0.3) is 16.6 Å². The SMILES string of the molecule is CC.Cc1cc(Nc2ncnc3ccc(OC4CCNCC4)cc23)ccc1Oc1ccn2ccnc2c1. The van der Waals surface area contributed by atoms with Crippen LogP contribution in [0.2, 0.25) is 0 Å². The molecule has 0 aliphatic carbocycles. The lowest BCUT2D eigenvalue weighted by molar-refractivity contribution is 0.162. The van der Waals surface area contributed by atoms with E-state index < -0.39 is 0 Å². The molecular weight excluding hydrogens is 464 g/mol. The number of anilines is 2. The Bertz CT molecular complexity index is 1490. The maximum atomic E-state index is 6.24. The highest BCUT2D eigenvalue weighted by atomic mass is 16.5. The summed E-state index contributed by atoms with van der Waals surface area (Å²) in [6.45, 7) is 8.01. The standard InChI is InChI=1S/C27H26N6O2.C2H6/c1-18-14-19(2-5-25(18)35-22-8-12-33-13-11-29-26(33)16-22)32-27-23-15-21(3-4-24(23)30-17-31-27)34-20-6-9-28-10-7-20;1-2/h2-5,8,11-17,20,28H,6-7,9-10H2,1H3,(H,30,31,32);1-2H3. The molecule has 6 rings (SSSR count). The minimum absolute atomic E-state index is 0.235. The third-order valence-corrected chi connectivity index (χ3v) is 6.23. The molecule has 0 spiro atoms. The normalized spacial score (nSPS) is 13.7. The van der Waals surface area contributed by atoms with Crippen molar-refractivity contribution in [3.63, 3.8) is 0 Å². The Morgan fingerprint density at radius 1 is 0.919 bits per heavy atom. The monoisotopic (exact) mass is 496 g/mol. The van der Waals surface area contributed by atoms with Gasteiger partial charge in [-0.15, -0.1) is 0 Å². The highest BCUT2D eigenvalue weighted by Crippen LogP contribution is 2.31. The van der Waals surface area contributed by atoms with Crippen LogP contribution < -0.4 is 20.1 Å². The fourth-order valence-electron chi connectivity index (χ4n) is 4.37. The van der Waals surface area contributed by atoms with Gasteiger partial charge in [-0.3, -0.25) is 0 Å². The summed E-state index contributed by atoms with van der Waals surface area (Å²) in [5, 5.41) is 7.74. The number of pyridine rings is 1. The van der Waals surface area contributed by atoms with Crippen molar-refractivity contribution < 1.29 is 9.47 Å². The fourth-order valence-corrected chi connectivity index (χ4v) is 4.37. The third-order valence-electron chi connectivity index (χ3n) is 6.23. The molecule has 2 aromatic carbocycles. The molecule has 1 fully saturated rings. The molecule has 0 amide bonds. The molecule has 5 aromatic rings. The van der Waals surface area contributed by atoms with E-state index in [1.54, 1.807) is 12.5 Å². The molecular formula is C29H32N6O2. The summed E-state index contributed by atoms with van der Waals surface area (Å²) in [6, 6.07) is 15.8. The summed E-state index contributed by atoms with van der Waals surface area (Å²) < 4.78 is 14.3. The maximum Gasteiger partial charge on any atom is 0.141 e. The van der Waals surface area contributed by atoms with Gasteiger partial charge in [0.15, 0.2) is 0 Å². The number of nitrogens with zero attached hydrogens (tertiary/aromatic N) is 4. The van der Waals surface area contributed by atoms with Crippen molar-refractivity contribution in [1.29, 1.82) is 0 Å². The molecule has 37 heavy (non-hydrogen) atoms. The van der Waals surface area contributed by atoms with Gasteiger partial charge in [0.2, 0.25) is 0 Å². The van der Waals surface area contributed by atoms with Crippen LogP contribution in [0.1, 0.15) is 32.3 Å². The van der Waals surface area contributed by atoms with Crippen molar-refractivity contribution in [1.82, 2.24) is 24.7 Å². The van der Waals surface area contributed by atoms with E-state index in [1.165, 1.54) is 0 Å². The zero-order valence-electron chi connectivity index (χ0n) is 21.4. The fraction of sp³-hybridized carbons (Fsp3) is 0.276. The largest absolute Gasteiger partial charge is 0.490 e. The number of hydrogen-bond acceptors (Lipinski definition) is 7. The first-order chi connectivity index (χ1) is 18.2. The number of fused-ring (bicyclic) bond motifs is 2. The number of aryl methyl sites for hydroxylation is 1. The average Bonchev–Trinajstić information content (AvgIpc) is 3.40. The quantitative estimate of drug-likeness (QED) is 0.286. The van der Waals surface area contributed by atoms with Crippen LogP contribution in [0.5, 0.6) is 17.2 Å². The summed E-state index contributed by atoms with van der Waals surface area (Å²) in [5.74, 6) is 3.12. The van der Waals surface area contributed by atoms with E-state index in [2.05, 4.69) is 25.6 Å². The lowest BCUT2D eigenvalue weighted by atomic mass is 10.1. The Morgan fingerprint density at radius 3 is 2.62 bits per heavy atom. The molecule has 4 heterocycles. The van der Waals surface area contributed by atoms with Crippen LogP contribution in [0.15, 0.2) is 73.4 Å². The van der Waals surface area contributed by atoms with Gasteiger partial charge in [-0.25, -0.2) is 15.0 Å². The molecule has 0 unspecified atom stereocenters. The molecule has 0 radical (unpaired) electrons. The Balaban J connectivity index is 0.00000137. The average molecular weight is 497 g/mol. The summed E-state index contributed by atoms with van der Waals surface area (Å²) in [6.07, 6.45) is 9.45. The first-order valence-electron chi connectivity index (χ1n) is 12.8. The Kier molecular flexibility index (Phi) is 7.46. The van der Waals surface area contributed by atoms with E-state index in [0.29, 0.717) is 0 Å². The summed E-state index contributed by atoms with van der Waals surface area (Å²) in [4.78, 5) is 13.2. The van der Waals surface area contributed by atoms with Crippen LogP contribution in [-0.2, 0) is 0 Å². The van der Waals surface area contributed by atoms with Gasteiger partial charge in [0.1, 0.15) is 41.1 Å². The Morgan fingerprint density at radius 2 is 1.78 bits per heavy atom. The number of benzene rings is 2. The molecule has 190 valence electrons. The first-order valence-corrected chi connectivity index (χ1v) is 12.8. The number of piperidine rings is 1. The lowest BCUT2D eigenvalue weighted by Gasteiger charge is -2.24. The van der Waals surface area contributed by atoms with Gasteiger partial charge in [-0.2, -0.15) is 0 Å². The van der Waals surface area contributed by atoms with Crippen LogP contribution >= 0.6 is 0 Å². The second-order valence-corrected chi connectivity index (χ2v) is 8.73. The molecule has 3 aromatic heterocycles. The van der Waals surface area contributed by atoms with E-state index in [4.69, 9.17) is 9.47 Å². The van der Waals surface area contributed by atoms with Gasteiger partial charge < -0.3 is 24.5 Å². The zero-order valence-corrected chi connectivity index (χ0v) is 21.4. The number of ether oxygens (including phenoxy) is 2. The van der Waals surface area contributed by atoms with Gasteiger partial charge in [0.05, 0.1) is 5.52 Å². The summed E-state index contributed by atoms with van der Waals surface area (Å²) in [7, 11) is 0. The Labute approximate surface area is 216 Å². The summed E-state index contributed by atoms with van der Waals surface area (Å²) >= 11 is 0. The zero-order chi connectivity index (χ0) is 25.6. The molecule has 0 bridgehead atoms. The van der Waals surface area contributed by atoms with Crippen LogP contribution in [0, 0.1) is 6.92 Å². The molecule has 1 aliphatic heterocycles. The van der Waals surface area contributed by atoms with Crippen molar-refractivity contribution in [2.24, 2.45) is 0 Å².